The zero-order chi connectivity index (χ0) is 24.3. The number of fused-ring (bicyclic) bond motifs is 1. The maximum absolute atomic E-state index is 13.2. The summed E-state index contributed by atoms with van der Waals surface area (Å²) < 4.78 is 33.5. The van der Waals surface area contributed by atoms with Crippen molar-refractivity contribution in [1.29, 1.82) is 0 Å². The monoisotopic (exact) mass is 503 g/mol. The molecule has 0 aromatic heterocycles. The van der Waals surface area contributed by atoms with Gasteiger partial charge in [-0.05, 0) is 42.7 Å². The third-order valence-corrected chi connectivity index (χ3v) is 8.17. The number of amides is 2. The molecule has 10 heteroatoms. The third kappa shape index (κ3) is 5.50. The number of benzene rings is 2. The maximum atomic E-state index is 13.2. The second kappa shape index (κ2) is 10.3. The summed E-state index contributed by atoms with van der Waals surface area (Å²) in [7, 11) is -3.79. The molecule has 2 N–H and O–H groups in total. The summed E-state index contributed by atoms with van der Waals surface area (Å²) in [6, 6.07) is 14.0. The van der Waals surface area contributed by atoms with Crippen LogP contribution in [0.1, 0.15) is 18.4 Å². The number of nitrogens with zero attached hydrogens (tertiary/aromatic N) is 1. The fourth-order valence-corrected chi connectivity index (χ4v) is 6.08. The van der Waals surface area contributed by atoms with Gasteiger partial charge in [-0.15, -0.1) is 0 Å². The second-order valence-electron chi connectivity index (χ2n) is 8.37. The van der Waals surface area contributed by atoms with Crippen LogP contribution in [-0.4, -0.2) is 50.0 Å². The van der Waals surface area contributed by atoms with Crippen LogP contribution in [0.15, 0.2) is 66.1 Å². The number of nitrogens with one attached hydrogen (secondary N) is 2. The van der Waals surface area contributed by atoms with Gasteiger partial charge in [-0.2, -0.15) is 4.31 Å². The van der Waals surface area contributed by atoms with E-state index < -0.39 is 16.3 Å². The predicted octanol–water partition coefficient (Wildman–Crippen LogP) is 2.95. The fourth-order valence-electron chi connectivity index (χ4n) is 4.25. The molecule has 2 aliphatic rings. The van der Waals surface area contributed by atoms with E-state index in [0.29, 0.717) is 25.1 Å². The van der Waals surface area contributed by atoms with Crippen LogP contribution in [0.3, 0.4) is 0 Å². The highest BCUT2D eigenvalue weighted by atomic mass is 35.5. The van der Waals surface area contributed by atoms with E-state index in [2.05, 4.69) is 17.2 Å². The largest absolute Gasteiger partial charge is 0.354 e. The zero-order valence-electron chi connectivity index (χ0n) is 18.4. The molecule has 2 aromatic rings. The van der Waals surface area contributed by atoms with Crippen molar-refractivity contribution in [2.75, 3.05) is 18.4 Å². The van der Waals surface area contributed by atoms with E-state index in [9.17, 15) is 18.0 Å². The highest BCUT2D eigenvalue weighted by molar-refractivity contribution is 7.89. The Labute approximate surface area is 204 Å². The van der Waals surface area contributed by atoms with Crippen LogP contribution in [0.5, 0.6) is 0 Å². The Morgan fingerprint density at radius 3 is 2.62 bits per heavy atom. The smallest absolute Gasteiger partial charge is 0.245 e. The number of rotatable bonds is 8. The molecule has 0 radical (unpaired) electrons. The first-order valence-electron chi connectivity index (χ1n) is 11.0. The van der Waals surface area contributed by atoms with E-state index in [1.807, 2.05) is 30.3 Å². The number of halogens is 1. The molecule has 2 fully saturated rings. The van der Waals surface area contributed by atoms with Gasteiger partial charge in [0.25, 0.3) is 0 Å². The Balaban J connectivity index is 1.35. The van der Waals surface area contributed by atoms with Gasteiger partial charge >= 0.3 is 0 Å². The number of carbonyl (C=O) groups is 2. The summed E-state index contributed by atoms with van der Waals surface area (Å²) in [5, 5.41) is 5.59. The number of anilines is 1. The minimum atomic E-state index is -3.79. The summed E-state index contributed by atoms with van der Waals surface area (Å²) in [5.74, 6) is -0.538. The molecule has 8 nitrogen and oxygen atoms in total. The van der Waals surface area contributed by atoms with E-state index in [-0.39, 0.29) is 46.7 Å². The summed E-state index contributed by atoms with van der Waals surface area (Å²) >= 11 is 6.31. The average molecular weight is 504 g/mol. The van der Waals surface area contributed by atoms with Crippen LogP contribution < -0.4 is 10.6 Å². The second-order valence-corrected chi connectivity index (χ2v) is 10.7. The predicted molar refractivity (Wildman–Crippen MR) is 129 cm³/mol. The Bertz CT molecular complexity index is 1170. The van der Waals surface area contributed by atoms with E-state index in [4.69, 9.17) is 16.3 Å². The van der Waals surface area contributed by atoms with Crippen molar-refractivity contribution in [2.24, 2.45) is 5.92 Å². The molecule has 0 saturated carbocycles. The standard InChI is InChI=1S/C24H26ClN3O5S/c1-2-22(29)27-24-12-17-14-28(15-21(17)33-24)34(31,32)18-9-10-20(19(25)13-18)26-23(30)11-8-16-6-4-3-5-7-16/h2-7,9-10,13,17,21,24H,1,8,11-12,14-15H2,(H,26,30)(H,27,29). The van der Waals surface area contributed by atoms with Gasteiger partial charge < -0.3 is 15.4 Å². The Hall–Kier alpha value is -2.72. The number of sulfonamides is 1. The van der Waals surface area contributed by atoms with Crippen LogP contribution >= 0.6 is 11.6 Å². The number of hydrogen-bond acceptors (Lipinski definition) is 5. The quantitative estimate of drug-likeness (QED) is 0.539. The van der Waals surface area contributed by atoms with Crippen LogP contribution in [0, 0.1) is 5.92 Å². The number of carbonyl (C=O) groups excluding carboxylic acids is 2. The van der Waals surface area contributed by atoms with Gasteiger partial charge in [0, 0.05) is 25.4 Å². The molecule has 4 rings (SSSR count). The minimum absolute atomic E-state index is 0.0106. The van der Waals surface area contributed by atoms with Gasteiger partial charge in [0.2, 0.25) is 21.8 Å². The molecule has 2 saturated heterocycles. The van der Waals surface area contributed by atoms with E-state index >= 15 is 0 Å². The lowest BCUT2D eigenvalue weighted by Gasteiger charge is -2.20. The maximum Gasteiger partial charge on any atom is 0.245 e. The Kier molecular flexibility index (Phi) is 7.37. The molecule has 0 bridgehead atoms. The van der Waals surface area contributed by atoms with Gasteiger partial charge in [-0.25, -0.2) is 8.42 Å². The van der Waals surface area contributed by atoms with Crippen molar-refractivity contribution in [2.45, 2.75) is 36.5 Å². The van der Waals surface area contributed by atoms with Crippen molar-refractivity contribution in [3.05, 3.63) is 71.8 Å². The number of ether oxygens (including phenoxy) is 1. The van der Waals surface area contributed by atoms with Gasteiger partial charge in [-0.3, -0.25) is 9.59 Å². The van der Waals surface area contributed by atoms with Gasteiger partial charge in [0.15, 0.2) is 0 Å². The summed E-state index contributed by atoms with van der Waals surface area (Å²) in [4.78, 5) is 23.8. The van der Waals surface area contributed by atoms with Gasteiger partial charge in [0.05, 0.1) is 21.7 Å². The fraction of sp³-hybridized carbons (Fsp3) is 0.333. The van der Waals surface area contributed by atoms with Gasteiger partial charge in [-0.1, -0.05) is 48.5 Å². The highest BCUT2D eigenvalue weighted by Gasteiger charge is 2.46. The molecule has 3 unspecified atom stereocenters. The average Bonchev–Trinajstić information content (AvgIpc) is 3.39. The molecular weight excluding hydrogens is 478 g/mol. The van der Waals surface area contributed by atoms with E-state index in [1.54, 1.807) is 0 Å². The van der Waals surface area contributed by atoms with Crippen LogP contribution in [-0.2, 0) is 30.8 Å². The number of hydrogen-bond donors (Lipinski definition) is 2. The zero-order valence-corrected chi connectivity index (χ0v) is 20.0. The van der Waals surface area contributed by atoms with Crippen LogP contribution in [0.2, 0.25) is 5.02 Å². The molecule has 2 heterocycles. The van der Waals surface area contributed by atoms with Crippen molar-refractivity contribution in [1.82, 2.24) is 9.62 Å². The molecule has 0 spiro atoms. The topological polar surface area (TPSA) is 105 Å². The summed E-state index contributed by atoms with van der Waals surface area (Å²) in [5.41, 5.74) is 1.42. The first-order chi connectivity index (χ1) is 16.3. The minimum Gasteiger partial charge on any atom is -0.354 e. The molecule has 34 heavy (non-hydrogen) atoms. The summed E-state index contributed by atoms with van der Waals surface area (Å²) in [6.07, 6.45) is 1.85. The van der Waals surface area contributed by atoms with Crippen LogP contribution in [0.4, 0.5) is 5.69 Å². The highest BCUT2D eigenvalue weighted by Crippen LogP contribution is 2.36. The van der Waals surface area contributed by atoms with Crippen molar-refractivity contribution in [3.8, 4) is 0 Å². The first-order valence-corrected chi connectivity index (χ1v) is 12.8. The summed E-state index contributed by atoms with van der Waals surface area (Å²) in [6.45, 7) is 3.91. The molecule has 3 atom stereocenters. The molecule has 2 aliphatic heterocycles. The Morgan fingerprint density at radius 2 is 1.94 bits per heavy atom. The lowest BCUT2D eigenvalue weighted by molar-refractivity contribution is -0.120. The third-order valence-electron chi connectivity index (χ3n) is 6.03. The van der Waals surface area contributed by atoms with Crippen molar-refractivity contribution < 1.29 is 22.7 Å². The SMILES string of the molecule is C=CC(=O)NC1CC2CN(S(=O)(=O)c3ccc(NC(=O)CCc4ccccc4)c(Cl)c3)CC2O1. The lowest BCUT2D eigenvalue weighted by Crippen LogP contribution is -2.37. The molecule has 2 aromatic carbocycles. The molecular formula is C24H26ClN3O5S. The van der Waals surface area contributed by atoms with Crippen LogP contribution in [0.25, 0.3) is 0 Å². The lowest BCUT2D eigenvalue weighted by atomic mass is 10.1. The van der Waals surface area contributed by atoms with E-state index in [1.165, 1.54) is 28.6 Å². The molecule has 180 valence electrons. The normalized spacial score (nSPS) is 22.2. The van der Waals surface area contributed by atoms with Gasteiger partial charge in [0.1, 0.15) is 6.23 Å². The Morgan fingerprint density at radius 1 is 1.18 bits per heavy atom. The number of aryl methyl sites for hydroxylation is 1. The van der Waals surface area contributed by atoms with Crippen molar-refractivity contribution >= 4 is 39.1 Å². The van der Waals surface area contributed by atoms with E-state index in [0.717, 1.165) is 5.56 Å². The van der Waals surface area contributed by atoms with Crippen molar-refractivity contribution in [3.63, 3.8) is 0 Å². The molecule has 0 aliphatic carbocycles. The molecule has 2 amide bonds. The first kappa shape index (κ1) is 24.4.